The molecule has 0 bridgehead atoms. The van der Waals surface area contributed by atoms with Gasteiger partial charge in [-0.3, -0.25) is 0 Å². The topological polar surface area (TPSA) is 57.2 Å². The summed E-state index contributed by atoms with van der Waals surface area (Å²) in [5.74, 6) is 0. The molecular weight excluding hydrogens is 367 g/mol. The second-order valence-corrected chi connectivity index (χ2v) is 8.46. The van der Waals surface area contributed by atoms with Crippen LogP contribution in [0.2, 0.25) is 0 Å². The molecule has 144 valence electrons. The fourth-order valence-corrected chi connectivity index (χ4v) is 4.66. The van der Waals surface area contributed by atoms with Gasteiger partial charge >= 0.3 is 29.6 Å². The van der Waals surface area contributed by atoms with Crippen LogP contribution >= 0.6 is 0 Å². The van der Waals surface area contributed by atoms with Crippen LogP contribution in [0.5, 0.6) is 0 Å². The number of aryl methyl sites for hydroxylation is 1. The third-order valence-electron chi connectivity index (χ3n) is 5.03. The Morgan fingerprint density at radius 3 is 2.04 bits per heavy atom. The third kappa shape index (κ3) is 7.17. The Labute approximate surface area is 187 Å². The molecule has 0 aliphatic rings. The molecule has 0 spiro atoms. The molecule has 5 heteroatoms. The number of benzene rings is 2. The first-order valence-corrected chi connectivity index (χ1v) is 11.4. The molecule has 0 radical (unpaired) electrons. The van der Waals surface area contributed by atoms with Crippen molar-refractivity contribution in [2.75, 3.05) is 0 Å². The van der Waals surface area contributed by atoms with E-state index in [1.165, 1.54) is 12.8 Å². The molecule has 0 saturated carbocycles. The van der Waals surface area contributed by atoms with E-state index in [0.717, 1.165) is 61.5 Å². The first-order chi connectivity index (χ1) is 12.5. The van der Waals surface area contributed by atoms with Crippen molar-refractivity contribution in [3.05, 3.63) is 41.5 Å². The van der Waals surface area contributed by atoms with Crippen LogP contribution in [0.1, 0.15) is 76.3 Å². The van der Waals surface area contributed by atoms with Gasteiger partial charge in [0.1, 0.15) is 10.1 Å². The number of rotatable bonds is 11. The van der Waals surface area contributed by atoms with E-state index in [1.807, 2.05) is 12.1 Å². The van der Waals surface area contributed by atoms with Gasteiger partial charge in [-0.25, -0.2) is 8.42 Å². The van der Waals surface area contributed by atoms with Crippen molar-refractivity contribution in [1.82, 2.24) is 0 Å². The molecule has 0 atom stereocenters. The van der Waals surface area contributed by atoms with E-state index in [-0.39, 0.29) is 34.5 Å². The van der Waals surface area contributed by atoms with E-state index in [0.29, 0.717) is 11.8 Å². The van der Waals surface area contributed by atoms with Gasteiger partial charge in [-0.1, -0.05) is 82.7 Å². The molecule has 3 nitrogen and oxygen atoms in total. The Morgan fingerprint density at radius 1 is 0.852 bits per heavy atom. The number of hydrogen-bond acceptors (Lipinski definition) is 3. The summed E-state index contributed by atoms with van der Waals surface area (Å²) < 4.78 is 36.4. The third-order valence-corrected chi connectivity index (χ3v) is 5.99. The fourth-order valence-electron chi connectivity index (χ4n) is 3.67. The van der Waals surface area contributed by atoms with Crippen molar-refractivity contribution in [3.63, 3.8) is 0 Å². The van der Waals surface area contributed by atoms with Crippen molar-refractivity contribution in [3.8, 4) is 0 Å². The Bertz CT molecular complexity index is 816. The Kier molecular flexibility index (Phi) is 11.2. The van der Waals surface area contributed by atoms with Crippen molar-refractivity contribution in [1.29, 1.82) is 0 Å². The van der Waals surface area contributed by atoms with Gasteiger partial charge in [0.2, 0.25) is 0 Å². The predicted octanol–water partition coefficient (Wildman–Crippen LogP) is 2.99. The Balaban J connectivity index is 0.00000364. The minimum absolute atomic E-state index is 0. The van der Waals surface area contributed by atoms with Crippen LogP contribution in [-0.4, -0.2) is 13.0 Å². The van der Waals surface area contributed by atoms with Crippen molar-refractivity contribution >= 4 is 20.9 Å². The van der Waals surface area contributed by atoms with Crippen LogP contribution in [0.3, 0.4) is 0 Å². The van der Waals surface area contributed by atoms with E-state index < -0.39 is 10.1 Å². The molecule has 0 fully saturated rings. The molecule has 0 aromatic heterocycles. The smallest absolute Gasteiger partial charge is 0.744 e. The molecule has 0 aliphatic heterocycles. The van der Waals surface area contributed by atoms with Gasteiger partial charge in [0.05, 0.1) is 4.90 Å². The van der Waals surface area contributed by atoms with E-state index >= 15 is 0 Å². The summed E-state index contributed by atoms with van der Waals surface area (Å²) in [6.45, 7) is 4.33. The number of unbranched alkanes of at least 4 members (excludes halogenated alkanes) is 6. The molecule has 27 heavy (non-hydrogen) atoms. The summed E-state index contributed by atoms with van der Waals surface area (Å²) in [6, 6.07) is 9.46. The van der Waals surface area contributed by atoms with E-state index in [4.69, 9.17) is 0 Å². The SMILES string of the molecule is CCCCCCc1cc2ccccc2c(S(=O)(=O)[O-])c1CCCCCC.[Na+]. The number of hydrogen-bond donors (Lipinski definition) is 0. The quantitative estimate of drug-likeness (QED) is 0.332. The van der Waals surface area contributed by atoms with Crippen LogP contribution < -0.4 is 29.6 Å². The Morgan fingerprint density at radius 2 is 1.44 bits per heavy atom. The van der Waals surface area contributed by atoms with Gasteiger partial charge in [0.25, 0.3) is 0 Å². The van der Waals surface area contributed by atoms with Gasteiger partial charge in [-0.05, 0) is 47.6 Å². The van der Waals surface area contributed by atoms with Gasteiger partial charge in [0, 0.05) is 0 Å². The molecule has 2 aromatic carbocycles. The molecule has 0 N–H and O–H groups in total. The minimum atomic E-state index is -4.51. The summed E-state index contributed by atoms with van der Waals surface area (Å²) in [7, 11) is -4.51. The van der Waals surface area contributed by atoms with E-state index in [2.05, 4.69) is 19.9 Å². The minimum Gasteiger partial charge on any atom is -0.744 e. The average Bonchev–Trinajstić information content (AvgIpc) is 2.61. The second-order valence-electron chi connectivity index (χ2n) is 7.14. The van der Waals surface area contributed by atoms with Gasteiger partial charge in [-0.2, -0.15) is 0 Å². The van der Waals surface area contributed by atoms with Crippen LogP contribution in [0.25, 0.3) is 10.8 Å². The molecule has 2 aromatic rings. The maximum Gasteiger partial charge on any atom is 1.00 e. The molecule has 0 heterocycles. The van der Waals surface area contributed by atoms with Crippen LogP contribution in [0, 0.1) is 0 Å². The van der Waals surface area contributed by atoms with E-state index in [9.17, 15) is 13.0 Å². The van der Waals surface area contributed by atoms with Crippen molar-refractivity contribution < 1.29 is 42.5 Å². The Hall–Kier alpha value is -0.390. The van der Waals surface area contributed by atoms with Gasteiger partial charge in [-0.15, -0.1) is 0 Å². The first-order valence-electron chi connectivity index (χ1n) is 9.98. The second kappa shape index (κ2) is 12.2. The zero-order chi connectivity index (χ0) is 19.0. The summed E-state index contributed by atoms with van der Waals surface area (Å²) in [6.07, 6.45) is 10.3. The average molecular weight is 399 g/mol. The molecule has 0 unspecified atom stereocenters. The largest absolute Gasteiger partial charge is 1.00 e. The monoisotopic (exact) mass is 398 g/mol. The molecule has 2 rings (SSSR count). The zero-order valence-corrected chi connectivity index (χ0v) is 19.9. The van der Waals surface area contributed by atoms with Gasteiger partial charge in [0.15, 0.2) is 0 Å². The molecular formula is C22H31NaO3S. The number of fused-ring (bicyclic) bond motifs is 1. The summed E-state index contributed by atoms with van der Waals surface area (Å²) >= 11 is 0. The summed E-state index contributed by atoms with van der Waals surface area (Å²) in [5, 5.41) is 1.43. The van der Waals surface area contributed by atoms with E-state index in [1.54, 1.807) is 12.1 Å². The van der Waals surface area contributed by atoms with Crippen molar-refractivity contribution in [2.24, 2.45) is 0 Å². The van der Waals surface area contributed by atoms with Crippen LogP contribution in [0.15, 0.2) is 35.2 Å². The standard InChI is InChI=1S/C22H32O3S.Na/c1-3-5-7-9-13-18-17-19-14-11-12-16-21(19)22(26(23,24)25)20(18)15-10-8-6-4-2;/h11-12,14,16-17H,3-10,13,15H2,1-2H3,(H,23,24,25);/q;+1/p-1. The van der Waals surface area contributed by atoms with Crippen molar-refractivity contribution in [2.45, 2.75) is 83.0 Å². The summed E-state index contributed by atoms with van der Waals surface area (Å²) in [5.41, 5.74) is 1.82. The first kappa shape index (κ1) is 24.6. The predicted molar refractivity (Wildman–Crippen MR) is 108 cm³/mol. The van der Waals surface area contributed by atoms with Gasteiger partial charge < -0.3 is 4.55 Å². The normalized spacial score (nSPS) is 11.5. The van der Waals surface area contributed by atoms with Crippen LogP contribution in [0.4, 0.5) is 0 Å². The van der Waals surface area contributed by atoms with Crippen LogP contribution in [-0.2, 0) is 23.0 Å². The molecule has 0 aliphatic carbocycles. The molecule has 0 amide bonds. The zero-order valence-electron chi connectivity index (χ0n) is 17.1. The summed E-state index contributed by atoms with van der Waals surface area (Å²) in [4.78, 5) is 0.0255. The fraction of sp³-hybridized carbons (Fsp3) is 0.545. The maximum absolute atomic E-state index is 12.1. The maximum atomic E-state index is 12.1. The molecule has 0 saturated heterocycles.